The third-order valence-corrected chi connectivity index (χ3v) is 5.21. The van der Waals surface area contributed by atoms with E-state index in [0.717, 1.165) is 22.5 Å². The number of carboxylic acids is 1. The van der Waals surface area contributed by atoms with Crippen molar-refractivity contribution in [2.75, 3.05) is 19.7 Å². The van der Waals surface area contributed by atoms with Gasteiger partial charge in [0.05, 0.1) is 16.6 Å². The third kappa shape index (κ3) is 4.21. The molecule has 0 spiro atoms. The van der Waals surface area contributed by atoms with Gasteiger partial charge in [0.1, 0.15) is 6.61 Å². The average molecular weight is 353 g/mol. The second kappa shape index (κ2) is 6.46. The smallest absolute Gasteiger partial charge is 0.416 e. The van der Waals surface area contributed by atoms with E-state index < -0.39 is 45.3 Å². The van der Waals surface area contributed by atoms with E-state index in [0.29, 0.717) is 6.07 Å². The highest BCUT2D eigenvalue weighted by atomic mass is 32.2. The normalized spacial score (nSPS) is 19.9. The summed E-state index contributed by atoms with van der Waals surface area (Å²) in [6, 6.07) is 3.50. The van der Waals surface area contributed by atoms with Gasteiger partial charge >= 0.3 is 12.1 Å². The maximum absolute atomic E-state index is 12.7. The topological polar surface area (TPSA) is 83.9 Å². The van der Waals surface area contributed by atoms with Crippen molar-refractivity contribution in [2.45, 2.75) is 23.6 Å². The number of sulfonamides is 1. The van der Waals surface area contributed by atoms with E-state index in [-0.39, 0.29) is 19.5 Å². The fourth-order valence-electron chi connectivity index (χ4n) is 2.22. The van der Waals surface area contributed by atoms with Gasteiger partial charge in [-0.15, -0.1) is 0 Å². The van der Waals surface area contributed by atoms with E-state index in [1.54, 1.807) is 0 Å². The fraction of sp³-hybridized carbons (Fsp3) is 0.462. The zero-order chi connectivity index (χ0) is 17.3. The Balaban J connectivity index is 2.15. The quantitative estimate of drug-likeness (QED) is 0.869. The Morgan fingerprint density at radius 2 is 2.09 bits per heavy atom. The zero-order valence-corrected chi connectivity index (χ0v) is 12.6. The van der Waals surface area contributed by atoms with Crippen molar-refractivity contribution in [3.05, 3.63) is 29.8 Å². The Labute approximate surface area is 130 Å². The molecule has 0 aliphatic carbocycles. The summed E-state index contributed by atoms with van der Waals surface area (Å²) in [5, 5.41) is 8.52. The van der Waals surface area contributed by atoms with Crippen LogP contribution in [0.2, 0.25) is 0 Å². The zero-order valence-electron chi connectivity index (χ0n) is 11.8. The minimum atomic E-state index is -4.64. The van der Waals surface area contributed by atoms with Gasteiger partial charge in [0.15, 0.2) is 0 Å². The van der Waals surface area contributed by atoms with Gasteiger partial charge < -0.3 is 9.84 Å². The number of carbonyl (C=O) groups is 1. The molecular weight excluding hydrogens is 339 g/mol. The summed E-state index contributed by atoms with van der Waals surface area (Å²) in [5.41, 5.74) is -1.04. The summed E-state index contributed by atoms with van der Waals surface area (Å²) < 4.78 is 68.8. The summed E-state index contributed by atoms with van der Waals surface area (Å²) in [7, 11) is -4.09. The van der Waals surface area contributed by atoms with Crippen LogP contribution in [-0.4, -0.2) is 49.6 Å². The van der Waals surface area contributed by atoms with Crippen molar-refractivity contribution >= 4 is 16.0 Å². The lowest BCUT2D eigenvalue weighted by molar-refractivity contribution is -0.144. The van der Waals surface area contributed by atoms with E-state index in [1.165, 1.54) is 0 Å². The molecule has 1 N–H and O–H groups in total. The first kappa shape index (κ1) is 17.7. The van der Waals surface area contributed by atoms with Crippen molar-refractivity contribution in [1.29, 1.82) is 0 Å². The Morgan fingerprint density at radius 3 is 2.70 bits per heavy atom. The molecule has 0 aromatic heterocycles. The Kier molecular flexibility index (Phi) is 4.97. The molecule has 1 saturated heterocycles. The van der Waals surface area contributed by atoms with Crippen LogP contribution in [0.5, 0.6) is 0 Å². The van der Waals surface area contributed by atoms with Crippen molar-refractivity contribution in [3.63, 3.8) is 0 Å². The van der Waals surface area contributed by atoms with Crippen LogP contribution in [0.1, 0.15) is 12.0 Å². The number of benzene rings is 1. The lowest BCUT2D eigenvalue weighted by Crippen LogP contribution is -2.31. The lowest BCUT2D eigenvalue weighted by atomic mass is 10.2. The molecule has 128 valence electrons. The maximum atomic E-state index is 12.7. The monoisotopic (exact) mass is 353 g/mol. The first-order valence-corrected chi connectivity index (χ1v) is 8.05. The number of carboxylic acid groups (broad SMARTS) is 1. The lowest BCUT2D eigenvalue weighted by Gasteiger charge is -2.17. The molecule has 1 atom stereocenters. The number of halogens is 3. The molecule has 0 bridgehead atoms. The minimum Gasteiger partial charge on any atom is -0.480 e. The van der Waals surface area contributed by atoms with Crippen LogP contribution in [0.25, 0.3) is 0 Å². The standard InChI is InChI=1S/C13H14F3NO5S/c14-13(15,16)9-2-1-3-11(6-9)23(20,21)17-5-4-10(7-17)22-8-12(18)19/h1-3,6,10H,4-5,7-8H2,(H,18,19). The molecule has 1 aliphatic rings. The molecule has 0 amide bonds. The number of hydrogen-bond donors (Lipinski definition) is 1. The molecular formula is C13H14F3NO5S. The van der Waals surface area contributed by atoms with Gasteiger partial charge in [0.2, 0.25) is 10.0 Å². The second-order valence-corrected chi connectivity index (χ2v) is 6.94. The summed E-state index contributed by atoms with van der Waals surface area (Å²) in [4.78, 5) is 9.97. The van der Waals surface area contributed by atoms with Crippen LogP contribution in [0, 0.1) is 0 Å². The van der Waals surface area contributed by atoms with Crippen LogP contribution in [0.15, 0.2) is 29.2 Å². The first-order valence-electron chi connectivity index (χ1n) is 6.61. The largest absolute Gasteiger partial charge is 0.480 e. The molecule has 0 saturated carbocycles. The van der Waals surface area contributed by atoms with Crippen LogP contribution < -0.4 is 0 Å². The molecule has 1 heterocycles. The number of aliphatic carboxylic acids is 1. The van der Waals surface area contributed by atoms with E-state index in [9.17, 15) is 26.4 Å². The number of ether oxygens (including phenoxy) is 1. The van der Waals surface area contributed by atoms with Gasteiger partial charge in [0, 0.05) is 13.1 Å². The second-order valence-electron chi connectivity index (χ2n) is 5.00. The molecule has 2 rings (SSSR count). The number of alkyl halides is 3. The van der Waals surface area contributed by atoms with Crippen LogP contribution in [-0.2, 0) is 25.7 Å². The average Bonchev–Trinajstić information content (AvgIpc) is 2.94. The van der Waals surface area contributed by atoms with Crippen LogP contribution >= 0.6 is 0 Å². The molecule has 1 aromatic carbocycles. The van der Waals surface area contributed by atoms with Crippen LogP contribution in [0.4, 0.5) is 13.2 Å². The summed E-state index contributed by atoms with van der Waals surface area (Å²) in [6.45, 7) is -0.586. The molecule has 6 nitrogen and oxygen atoms in total. The Morgan fingerprint density at radius 1 is 1.39 bits per heavy atom. The highest BCUT2D eigenvalue weighted by Crippen LogP contribution is 2.31. The van der Waals surface area contributed by atoms with E-state index in [2.05, 4.69) is 0 Å². The molecule has 1 aromatic rings. The van der Waals surface area contributed by atoms with Gasteiger partial charge in [-0.25, -0.2) is 13.2 Å². The molecule has 10 heteroatoms. The highest BCUT2D eigenvalue weighted by molar-refractivity contribution is 7.89. The van der Waals surface area contributed by atoms with Crippen molar-refractivity contribution in [1.82, 2.24) is 4.31 Å². The minimum absolute atomic E-state index is 0.0584. The molecule has 1 aliphatic heterocycles. The van der Waals surface area contributed by atoms with Crippen LogP contribution in [0.3, 0.4) is 0 Å². The van der Waals surface area contributed by atoms with E-state index in [1.807, 2.05) is 0 Å². The molecule has 1 fully saturated rings. The number of hydrogen-bond acceptors (Lipinski definition) is 4. The Hall–Kier alpha value is -1.65. The molecule has 23 heavy (non-hydrogen) atoms. The molecule has 0 radical (unpaired) electrons. The predicted molar refractivity (Wildman–Crippen MR) is 72.2 cm³/mol. The van der Waals surface area contributed by atoms with Gasteiger partial charge in [0.25, 0.3) is 0 Å². The molecule has 1 unspecified atom stereocenters. The number of rotatable bonds is 5. The maximum Gasteiger partial charge on any atom is 0.416 e. The van der Waals surface area contributed by atoms with Gasteiger partial charge in [-0.3, -0.25) is 0 Å². The third-order valence-electron chi connectivity index (χ3n) is 3.35. The van der Waals surface area contributed by atoms with Gasteiger partial charge in [-0.05, 0) is 24.6 Å². The fourth-order valence-corrected chi connectivity index (χ4v) is 3.76. The summed E-state index contributed by atoms with van der Waals surface area (Å²) in [5.74, 6) is -1.18. The summed E-state index contributed by atoms with van der Waals surface area (Å²) in [6.07, 6.45) is -4.94. The van der Waals surface area contributed by atoms with E-state index >= 15 is 0 Å². The van der Waals surface area contributed by atoms with Gasteiger partial charge in [-0.1, -0.05) is 6.07 Å². The Bertz CT molecular complexity index is 689. The summed E-state index contributed by atoms with van der Waals surface area (Å²) >= 11 is 0. The van der Waals surface area contributed by atoms with Crippen molar-refractivity contribution < 1.29 is 36.2 Å². The SMILES string of the molecule is O=C(O)COC1CCN(S(=O)(=O)c2cccc(C(F)(F)F)c2)C1. The van der Waals surface area contributed by atoms with E-state index in [4.69, 9.17) is 9.84 Å². The first-order chi connectivity index (χ1) is 10.6. The highest BCUT2D eigenvalue weighted by Gasteiger charge is 2.36. The predicted octanol–water partition coefficient (Wildman–Crippen LogP) is 1.57. The van der Waals surface area contributed by atoms with Crippen molar-refractivity contribution in [2.24, 2.45) is 0 Å². The number of nitrogens with zero attached hydrogens (tertiary/aromatic N) is 1. The van der Waals surface area contributed by atoms with Gasteiger partial charge in [-0.2, -0.15) is 17.5 Å². The van der Waals surface area contributed by atoms with Crippen molar-refractivity contribution in [3.8, 4) is 0 Å².